The molecule has 1 aromatic carbocycles. The summed E-state index contributed by atoms with van der Waals surface area (Å²) < 4.78 is 65.8. The number of ether oxygens (including phenoxy) is 1. The van der Waals surface area contributed by atoms with E-state index in [2.05, 4.69) is 10.1 Å². The minimum absolute atomic E-state index is 0.390. The molecule has 0 bridgehead atoms. The van der Waals surface area contributed by atoms with Crippen molar-refractivity contribution in [2.75, 3.05) is 6.54 Å². The molecule has 8 nitrogen and oxygen atoms in total. The zero-order valence-electron chi connectivity index (χ0n) is 13.7. The molecule has 26 heavy (non-hydrogen) atoms. The number of amides is 1. The Balaban J connectivity index is 2.71. The number of carboxylic acid groups (broad SMARTS) is 1. The maximum Gasteiger partial charge on any atom is 0.573 e. The number of hydrogen-bond donors (Lipinski definition) is 3. The molecule has 0 aliphatic heterocycles. The lowest BCUT2D eigenvalue weighted by Crippen LogP contribution is -2.47. The zero-order chi connectivity index (χ0) is 20.1. The Labute approximate surface area is 147 Å². The Morgan fingerprint density at radius 3 is 2.15 bits per heavy atom. The number of benzene rings is 1. The number of alkyl halides is 3. The highest BCUT2D eigenvalue weighted by Crippen LogP contribution is 2.23. The van der Waals surface area contributed by atoms with Crippen molar-refractivity contribution in [1.29, 1.82) is 0 Å². The van der Waals surface area contributed by atoms with Gasteiger partial charge in [-0.3, -0.25) is 4.79 Å². The highest BCUT2D eigenvalue weighted by Gasteiger charge is 2.31. The van der Waals surface area contributed by atoms with Crippen LogP contribution < -0.4 is 14.8 Å². The lowest BCUT2D eigenvalue weighted by Gasteiger charge is -2.18. The van der Waals surface area contributed by atoms with Crippen molar-refractivity contribution in [2.24, 2.45) is 5.92 Å². The number of carbonyl (C=O) groups is 2. The Bertz CT molecular complexity index is 747. The Kier molecular flexibility index (Phi) is 6.98. The number of carbonyl (C=O) groups excluding carboxylic acids is 1. The molecule has 12 heteroatoms. The van der Waals surface area contributed by atoms with E-state index < -0.39 is 57.4 Å². The number of rotatable bonds is 8. The van der Waals surface area contributed by atoms with E-state index in [1.54, 1.807) is 13.8 Å². The number of halogens is 3. The molecule has 0 aliphatic carbocycles. The smallest absolute Gasteiger partial charge is 0.480 e. The molecule has 146 valence electrons. The Morgan fingerprint density at radius 2 is 1.73 bits per heavy atom. The summed E-state index contributed by atoms with van der Waals surface area (Å²) in [5, 5.41) is 11.1. The van der Waals surface area contributed by atoms with Crippen molar-refractivity contribution in [1.82, 2.24) is 10.0 Å². The van der Waals surface area contributed by atoms with E-state index in [0.717, 1.165) is 24.3 Å². The van der Waals surface area contributed by atoms with E-state index in [4.69, 9.17) is 5.11 Å². The van der Waals surface area contributed by atoms with Crippen molar-refractivity contribution < 1.29 is 41.0 Å². The van der Waals surface area contributed by atoms with Crippen molar-refractivity contribution >= 4 is 21.9 Å². The number of carboxylic acids is 1. The van der Waals surface area contributed by atoms with Gasteiger partial charge >= 0.3 is 12.3 Å². The molecule has 1 amide bonds. The third-order valence-corrected chi connectivity index (χ3v) is 4.46. The van der Waals surface area contributed by atoms with Crippen molar-refractivity contribution in [3.8, 4) is 5.75 Å². The summed E-state index contributed by atoms with van der Waals surface area (Å²) in [7, 11) is -4.19. The first-order valence-electron chi connectivity index (χ1n) is 7.19. The van der Waals surface area contributed by atoms with E-state index in [9.17, 15) is 31.2 Å². The van der Waals surface area contributed by atoms with Crippen LogP contribution in [-0.4, -0.2) is 44.3 Å². The second kappa shape index (κ2) is 8.36. The zero-order valence-corrected chi connectivity index (χ0v) is 14.5. The lowest BCUT2D eigenvalue weighted by atomic mass is 10.1. The maximum absolute atomic E-state index is 12.1. The summed E-state index contributed by atoms with van der Waals surface area (Å²) in [6.07, 6.45) is -4.91. The van der Waals surface area contributed by atoms with Crippen LogP contribution in [0, 0.1) is 5.92 Å². The van der Waals surface area contributed by atoms with Gasteiger partial charge in [0.15, 0.2) is 0 Å². The molecule has 1 rings (SSSR count). The fourth-order valence-corrected chi connectivity index (χ4v) is 2.78. The molecule has 0 aliphatic rings. The number of aliphatic carboxylic acids is 1. The maximum atomic E-state index is 12.1. The van der Waals surface area contributed by atoms with Crippen LogP contribution >= 0.6 is 0 Å². The quantitative estimate of drug-likeness (QED) is 0.603. The predicted octanol–water partition coefficient (Wildman–Crippen LogP) is 1.09. The highest BCUT2D eigenvalue weighted by atomic mass is 32.2. The third-order valence-electron chi connectivity index (χ3n) is 3.04. The van der Waals surface area contributed by atoms with Crippen LogP contribution in [0.15, 0.2) is 29.2 Å². The van der Waals surface area contributed by atoms with Crippen LogP contribution in [0.5, 0.6) is 5.75 Å². The van der Waals surface area contributed by atoms with E-state index in [0.29, 0.717) is 0 Å². The second-order valence-corrected chi connectivity index (χ2v) is 7.24. The van der Waals surface area contributed by atoms with Gasteiger partial charge in [0, 0.05) is 0 Å². The molecule has 1 atom stereocenters. The molecule has 0 saturated carbocycles. The Morgan fingerprint density at radius 1 is 1.19 bits per heavy atom. The summed E-state index contributed by atoms with van der Waals surface area (Å²) in [5.74, 6) is -3.16. The standard InChI is InChI=1S/C14H17F3N2O6S/c1-8(2)12(13(21)22)19-11(20)7-18-26(23,24)10-5-3-9(4-6-10)25-14(15,16)17/h3-6,8,12,18H,7H2,1-2H3,(H,19,20)(H,21,22)/t12-/m1/s1. The molecule has 1 aromatic rings. The normalized spacial score (nSPS) is 13.3. The van der Waals surface area contributed by atoms with Crippen LogP contribution in [0.3, 0.4) is 0 Å². The summed E-state index contributed by atoms with van der Waals surface area (Å²) in [4.78, 5) is 22.3. The van der Waals surface area contributed by atoms with Gasteiger partial charge in [0.05, 0.1) is 11.4 Å². The van der Waals surface area contributed by atoms with Gasteiger partial charge in [-0.05, 0) is 30.2 Å². The van der Waals surface area contributed by atoms with Crippen molar-refractivity contribution in [3.63, 3.8) is 0 Å². The first-order valence-corrected chi connectivity index (χ1v) is 8.68. The van der Waals surface area contributed by atoms with E-state index in [1.165, 1.54) is 0 Å². The topological polar surface area (TPSA) is 122 Å². The minimum Gasteiger partial charge on any atom is -0.480 e. The first-order chi connectivity index (χ1) is 11.8. The SMILES string of the molecule is CC(C)[C@@H](NC(=O)CNS(=O)(=O)c1ccc(OC(F)(F)F)cc1)C(=O)O. The molecular weight excluding hydrogens is 381 g/mol. The van der Waals surface area contributed by atoms with Gasteiger partial charge in [0.25, 0.3) is 0 Å². The minimum atomic E-state index is -4.91. The Hall–Kier alpha value is -2.34. The van der Waals surface area contributed by atoms with E-state index in [-0.39, 0.29) is 0 Å². The van der Waals surface area contributed by atoms with Gasteiger partial charge < -0.3 is 15.2 Å². The first kappa shape index (κ1) is 21.7. The van der Waals surface area contributed by atoms with Crippen LogP contribution in [0.2, 0.25) is 0 Å². The molecule has 0 aromatic heterocycles. The van der Waals surface area contributed by atoms with Crippen LogP contribution in [0.25, 0.3) is 0 Å². The molecule has 3 N–H and O–H groups in total. The van der Waals surface area contributed by atoms with Gasteiger partial charge in [0.2, 0.25) is 15.9 Å². The summed E-state index contributed by atoms with van der Waals surface area (Å²) in [6.45, 7) is 2.39. The van der Waals surface area contributed by atoms with Crippen LogP contribution in [0.4, 0.5) is 13.2 Å². The molecular formula is C14H17F3N2O6S. The number of nitrogens with one attached hydrogen (secondary N) is 2. The summed E-state index contributed by atoms with van der Waals surface area (Å²) >= 11 is 0. The molecule has 0 unspecified atom stereocenters. The van der Waals surface area contributed by atoms with Crippen molar-refractivity contribution in [2.45, 2.75) is 31.1 Å². The molecule has 0 spiro atoms. The van der Waals surface area contributed by atoms with Gasteiger partial charge in [-0.15, -0.1) is 13.2 Å². The third kappa shape index (κ3) is 6.88. The van der Waals surface area contributed by atoms with Crippen LogP contribution in [0.1, 0.15) is 13.8 Å². The van der Waals surface area contributed by atoms with Gasteiger partial charge in [-0.1, -0.05) is 13.8 Å². The monoisotopic (exact) mass is 398 g/mol. The van der Waals surface area contributed by atoms with E-state index >= 15 is 0 Å². The predicted molar refractivity (Wildman–Crippen MR) is 82.7 cm³/mol. The van der Waals surface area contributed by atoms with Crippen molar-refractivity contribution in [3.05, 3.63) is 24.3 Å². The average Bonchev–Trinajstić information content (AvgIpc) is 2.49. The number of sulfonamides is 1. The van der Waals surface area contributed by atoms with Crippen LogP contribution in [-0.2, 0) is 19.6 Å². The van der Waals surface area contributed by atoms with E-state index in [1.807, 2.05) is 4.72 Å². The highest BCUT2D eigenvalue weighted by molar-refractivity contribution is 7.89. The molecule has 0 heterocycles. The fraction of sp³-hybridized carbons (Fsp3) is 0.429. The second-order valence-electron chi connectivity index (χ2n) is 5.47. The molecule has 0 fully saturated rings. The average molecular weight is 398 g/mol. The number of hydrogen-bond acceptors (Lipinski definition) is 5. The molecule has 0 radical (unpaired) electrons. The lowest BCUT2D eigenvalue weighted by molar-refractivity contribution is -0.274. The summed E-state index contributed by atoms with van der Waals surface area (Å²) in [5.41, 5.74) is 0. The largest absolute Gasteiger partial charge is 0.573 e. The fourth-order valence-electron chi connectivity index (χ4n) is 1.80. The van der Waals surface area contributed by atoms with Gasteiger partial charge in [-0.25, -0.2) is 17.9 Å². The summed E-state index contributed by atoms with van der Waals surface area (Å²) in [6, 6.07) is 2.17. The van der Waals surface area contributed by atoms with Gasteiger partial charge in [-0.2, -0.15) is 0 Å². The van der Waals surface area contributed by atoms with Gasteiger partial charge in [0.1, 0.15) is 11.8 Å². The molecule has 0 saturated heterocycles.